The van der Waals surface area contributed by atoms with Gasteiger partial charge in [0.1, 0.15) is 5.69 Å². The molecular weight excluding hydrogens is 334 g/mol. The normalized spacial score (nSPS) is 11.0. The number of carboxylic acid groups (broad SMARTS) is 1. The Hall–Kier alpha value is -2.78. The number of aromatic nitrogens is 1. The smallest absolute Gasteiger partial charge is 0.338 e. The number of nitrogens with one attached hydrogen (secondary N) is 1. The Balaban J connectivity index is 1.97. The summed E-state index contributed by atoms with van der Waals surface area (Å²) in [5, 5.41) is 16.6. The molecule has 1 amide bonds. The van der Waals surface area contributed by atoms with Crippen LogP contribution in [0.4, 0.5) is 0 Å². The summed E-state index contributed by atoms with van der Waals surface area (Å²) in [6.07, 6.45) is 1.78. The predicted molar refractivity (Wildman–Crippen MR) is 85.0 cm³/mol. The number of sulfonamides is 1. The van der Waals surface area contributed by atoms with Crippen LogP contribution in [0, 0.1) is 0 Å². The number of amides is 1. The third kappa shape index (κ3) is 4.37. The maximum absolute atomic E-state index is 12.0. The van der Waals surface area contributed by atoms with E-state index in [1.54, 1.807) is 12.1 Å². The van der Waals surface area contributed by atoms with Crippen molar-refractivity contribution >= 4 is 21.9 Å². The van der Waals surface area contributed by atoms with Crippen molar-refractivity contribution < 1.29 is 23.1 Å². The number of carbonyl (C=O) groups excluding carboxylic acids is 1. The molecule has 0 saturated carbocycles. The largest absolute Gasteiger partial charge is 0.478 e. The second-order valence-electron chi connectivity index (χ2n) is 4.90. The number of aromatic carboxylic acids is 1. The van der Waals surface area contributed by atoms with Gasteiger partial charge in [-0.1, -0.05) is 12.1 Å². The topological polar surface area (TPSA) is 139 Å². The zero-order valence-electron chi connectivity index (χ0n) is 12.5. The van der Waals surface area contributed by atoms with Gasteiger partial charge >= 0.3 is 5.97 Å². The van der Waals surface area contributed by atoms with Crippen LogP contribution in [0.2, 0.25) is 0 Å². The molecule has 8 nitrogen and oxygen atoms in total. The molecule has 0 unspecified atom stereocenters. The van der Waals surface area contributed by atoms with Crippen molar-refractivity contribution in [2.45, 2.75) is 11.3 Å². The highest BCUT2D eigenvalue weighted by atomic mass is 32.2. The van der Waals surface area contributed by atoms with E-state index >= 15 is 0 Å². The first-order valence-electron chi connectivity index (χ1n) is 6.87. The molecule has 1 aromatic carbocycles. The van der Waals surface area contributed by atoms with Crippen molar-refractivity contribution in [1.29, 1.82) is 0 Å². The molecule has 1 aromatic heterocycles. The first kappa shape index (κ1) is 17.6. The van der Waals surface area contributed by atoms with Crippen LogP contribution in [0.3, 0.4) is 0 Å². The highest BCUT2D eigenvalue weighted by Crippen LogP contribution is 2.09. The van der Waals surface area contributed by atoms with Crippen LogP contribution in [0.5, 0.6) is 0 Å². The number of benzene rings is 1. The number of primary sulfonamides is 1. The van der Waals surface area contributed by atoms with E-state index in [0.717, 1.165) is 5.56 Å². The van der Waals surface area contributed by atoms with Crippen molar-refractivity contribution in [2.75, 3.05) is 6.54 Å². The van der Waals surface area contributed by atoms with Crippen molar-refractivity contribution in [2.24, 2.45) is 5.14 Å². The van der Waals surface area contributed by atoms with Gasteiger partial charge in [0.15, 0.2) is 0 Å². The van der Waals surface area contributed by atoms with Gasteiger partial charge in [-0.15, -0.1) is 0 Å². The predicted octanol–water partition coefficient (Wildman–Crippen LogP) is 0.400. The summed E-state index contributed by atoms with van der Waals surface area (Å²) in [6, 6.07) is 8.69. The molecule has 2 aromatic rings. The summed E-state index contributed by atoms with van der Waals surface area (Å²) in [5.74, 6) is -1.82. The highest BCUT2D eigenvalue weighted by Gasteiger charge is 2.17. The van der Waals surface area contributed by atoms with Gasteiger partial charge in [-0.05, 0) is 36.2 Å². The number of rotatable bonds is 6. The molecule has 24 heavy (non-hydrogen) atoms. The maximum atomic E-state index is 12.0. The minimum Gasteiger partial charge on any atom is -0.478 e. The minimum atomic E-state index is -3.74. The Labute approximate surface area is 138 Å². The van der Waals surface area contributed by atoms with Crippen LogP contribution in [0.25, 0.3) is 0 Å². The van der Waals surface area contributed by atoms with Crippen LogP contribution in [-0.2, 0) is 16.4 Å². The van der Waals surface area contributed by atoms with Crippen molar-refractivity contribution in [1.82, 2.24) is 10.3 Å². The summed E-state index contributed by atoms with van der Waals surface area (Å²) in [7, 11) is -3.74. The van der Waals surface area contributed by atoms with E-state index in [0.29, 0.717) is 6.42 Å². The molecular formula is C15H15N3O5S. The van der Waals surface area contributed by atoms with Gasteiger partial charge in [-0.2, -0.15) is 0 Å². The summed E-state index contributed by atoms with van der Waals surface area (Å²) in [4.78, 5) is 26.9. The summed E-state index contributed by atoms with van der Waals surface area (Å²) in [5.41, 5.74) is 0.462. The summed E-state index contributed by atoms with van der Waals surface area (Å²) < 4.78 is 22.3. The Bertz CT molecular complexity index is 863. The lowest BCUT2D eigenvalue weighted by molar-refractivity contribution is 0.0690. The molecule has 0 aliphatic heterocycles. The number of hydrogen-bond donors (Lipinski definition) is 3. The zero-order valence-corrected chi connectivity index (χ0v) is 13.3. The van der Waals surface area contributed by atoms with E-state index in [9.17, 15) is 18.0 Å². The number of nitrogens with two attached hydrogens (primary N) is 1. The molecule has 0 bridgehead atoms. The van der Waals surface area contributed by atoms with Crippen LogP contribution >= 0.6 is 0 Å². The van der Waals surface area contributed by atoms with Gasteiger partial charge in [0.2, 0.25) is 10.0 Å². The maximum Gasteiger partial charge on any atom is 0.338 e. The fourth-order valence-electron chi connectivity index (χ4n) is 2.01. The van der Waals surface area contributed by atoms with Crippen molar-refractivity contribution in [3.05, 3.63) is 59.4 Å². The van der Waals surface area contributed by atoms with Crippen molar-refractivity contribution in [3.63, 3.8) is 0 Å². The lowest BCUT2D eigenvalue weighted by Crippen LogP contribution is -2.28. The molecule has 1 heterocycles. The quantitative estimate of drug-likeness (QED) is 0.690. The molecule has 0 aliphatic rings. The number of carboxylic acids is 1. The molecule has 126 valence electrons. The van der Waals surface area contributed by atoms with E-state index in [4.69, 9.17) is 10.2 Å². The third-order valence-corrected chi connectivity index (χ3v) is 4.13. The Morgan fingerprint density at radius 3 is 2.42 bits per heavy atom. The fraction of sp³-hybridized carbons (Fsp3) is 0.133. The third-order valence-electron chi connectivity index (χ3n) is 3.20. The highest BCUT2D eigenvalue weighted by molar-refractivity contribution is 7.89. The molecule has 0 atom stereocenters. The molecule has 2 rings (SSSR count). The molecule has 0 spiro atoms. The van der Waals surface area contributed by atoms with E-state index < -0.39 is 21.9 Å². The standard InChI is InChI=1S/C15H15N3O5S/c16-24(22,23)11-5-3-10(4-6-11)7-9-18-14(19)13-12(15(20)21)2-1-8-17-13/h1-6,8H,7,9H2,(H,18,19)(H,20,21)(H2,16,22,23). The average Bonchev–Trinajstić information content (AvgIpc) is 2.54. The van der Waals surface area contributed by atoms with Crippen LogP contribution < -0.4 is 10.5 Å². The van der Waals surface area contributed by atoms with E-state index in [-0.39, 0.29) is 22.7 Å². The number of pyridine rings is 1. The Morgan fingerprint density at radius 1 is 1.17 bits per heavy atom. The van der Waals surface area contributed by atoms with Gasteiger partial charge in [-0.3, -0.25) is 9.78 Å². The monoisotopic (exact) mass is 349 g/mol. The number of carbonyl (C=O) groups is 2. The molecule has 0 saturated heterocycles. The van der Waals surface area contributed by atoms with Crippen molar-refractivity contribution in [3.8, 4) is 0 Å². The van der Waals surface area contributed by atoms with Crippen LogP contribution in [-0.4, -0.2) is 36.9 Å². The fourth-order valence-corrected chi connectivity index (χ4v) is 2.52. The Kier molecular flexibility index (Phi) is 5.27. The van der Waals surface area contributed by atoms with Gasteiger partial charge in [-0.25, -0.2) is 18.4 Å². The lowest BCUT2D eigenvalue weighted by Gasteiger charge is -2.07. The van der Waals surface area contributed by atoms with Gasteiger partial charge in [0.05, 0.1) is 10.5 Å². The number of hydrogen-bond acceptors (Lipinski definition) is 5. The van der Waals surface area contributed by atoms with Gasteiger partial charge in [0, 0.05) is 12.7 Å². The average molecular weight is 349 g/mol. The molecule has 9 heteroatoms. The van der Waals surface area contributed by atoms with E-state index in [2.05, 4.69) is 10.3 Å². The Morgan fingerprint density at radius 2 is 1.83 bits per heavy atom. The minimum absolute atomic E-state index is 0.00914. The molecule has 4 N–H and O–H groups in total. The number of nitrogens with zero attached hydrogens (tertiary/aromatic N) is 1. The van der Waals surface area contributed by atoms with Gasteiger partial charge in [0.25, 0.3) is 5.91 Å². The molecule has 0 aliphatic carbocycles. The van der Waals surface area contributed by atoms with Crippen LogP contribution in [0.15, 0.2) is 47.5 Å². The first-order chi connectivity index (χ1) is 11.3. The lowest BCUT2D eigenvalue weighted by atomic mass is 10.1. The second-order valence-corrected chi connectivity index (χ2v) is 6.46. The summed E-state index contributed by atoms with van der Waals surface area (Å²) in [6.45, 7) is 0.239. The summed E-state index contributed by atoms with van der Waals surface area (Å²) >= 11 is 0. The first-order valence-corrected chi connectivity index (χ1v) is 8.42. The van der Waals surface area contributed by atoms with Crippen LogP contribution in [0.1, 0.15) is 26.4 Å². The molecule has 0 fully saturated rings. The van der Waals surface area contributed by atoms with E-state index in [1.165, 1.54) is 30.5 Å². The molecule has 0 radical (unpaired) electrons. The second kappa shape index (κ2) is 7.20. The SMILES string of the molecule is NS(=O)(=O)c1ccc(CCNC(=O)c2ncccc2C(=O)O)cc1. The van der Waals surface area contributed by atoms with E-state index in [1.807, 2.05) is 0 Å². The van der Waals surface area contributed by atoms with Gasteiger partial charge < -0.3 is 10.4 Å². The zero-order chi connectivity index (χ0) is 17.7.